The Morgan fingerprint density at radius 2 is 1.33 bits per heavy atom. The van der Waals surface area contributed by atoms with Crippen LogP contribution in [-0.4, -0.2) is 14.3 Å². The van der Waals surface area contributed by atoms with Crippen LogP contribution in [-0.2, 0) is 23.1 Å². The minimum atomic E-state index is -3.99. The number of hydrogen-bond donors (Lipinski definition) is 1. The summed E-state index contributed by atoms with van der Waals surface area (Å²) in [5.74, 6) is -0.355. The van der Waals surface area contributed by atoms with E-state index in [1.54, 1.807) is 72.8 Å². The van der Waals surface area contributed by atoms with Crippen LogP contribution in [0.1, 0.15) is 32.6 Å². The maximum atomic E-state index is 13.9. The molecule has 0 unspecified atom stereocenters. The van der Waals surface area contributed by atoms with Gasteiger partial charge in [-0.3, -0.25) is 9.10 Å². The van der Waals surface area contributed by atoms with E-state index in [-0.39, 0.29) is 22.9 Å². The Morgan fingerprint density at radius 3 is 1.97 bits per heavy atom. The molecule has 4 aromatic carbocycles. The van der Waals surface area contributed by atoms with Gasteiger partial charge in [0, 0.05) is 11.6 Å². The Hall–Kier alpha value is -3.61. The Labute approximate surface area is 217 Å². The second-order valence-corrected chi connectivity index (χ2v) is 10.9. The fourth-order valence-corrected chi connectivity index (χ4v) is 5.36. The number of nitrogens with one attached hydrogen (secondary N) is 1. The van der Waals surface area contributed by atoms with Gasteiger partial charge in [0.25, 0.3) is 15.9 Å². The molecular weight excluding hydrogens is 492 g/mol. The molecule has 5 nitrogen and oxygen atoms in total. The molecule has 4 rings (SSSR count). The fourth-order valence-electron chi connectivity index (χ4n) is 3.76. The molecule has 0 bridgehead atoms. The number of carbonyl (C=O) groups is 1. The summed E-state index contributed by atoms with van der Waals surface area (Å²) in [5.41, 5.74) is 4.36. The number of amides is 1. The molecule has 0 aliphatic heterocycles. The van der Waals surface area contributed by atoms with Crippen LogP contribution in [0.4, 0.5) is 5.69 Å². The molecule has 0 spiro atoms. The number of sulfonamides is 1. The zero-order chi connectivity index (χ0) is 25.7. The maximum absolute atomic E-state index is 13.9. The maximum Gasteiger partial charge on any atom is 0.264 e. The molecule has 0 fully saturated rings. The van der Waals surface area contributed by atoms with E-state index < -0.39 is 10.0 Å². The van der Waals surface area contributed by atoms with Gasteiger partial charge >= 0.3 is 0 Å². The first kappa shape index (κ1) is 25.5. The molecule has 0 aromatic heterocycles. The van der Waals surface area contributed by atoms with Crippen LogP contribution < -0.4 is 9.62 Å². The average Bonchev–Trinajstić information content (AvgIpc) is 2.88. The van der Waals surface area contributed by atoms with E-state index in [0.717, 1.165) is 22.3 Å². The van der Waals surface area contributed by atoms with E-state index >= 15 is 0 Å². The monoisotopic (exact) mass is 518 g/mol. The minimum Gasteiger partial charge on any atom is -0.348 e. The highest BCUT2D eigenvalue weighted by Crippen LogP contribution is 2.30. The minimum absolute atomic E-state index is 0.0373. The third kappa shape index (κ3) is 5.96. The van der Waals surface area contributed by atoms with Gasteiger partial charge in [-0.25, -0.2) is 8.42 Å². The van der Waals surface area contributed by atoms with E-state index in [0.29, 0.717) is 17.3 Å². The molecule has 36 heavy (non-hydrogen) atoms. The van der Waals surface area contributed by atoms with Crippen molar-refractivity contribution in [1.82, 2.24) is 5.32 Å². The van der Waals surface area contributed by atoms with Gasteiger partial charge in [-0.15, -0.1) is 0 Å². The van der Waals surface area contributed by atoms with Crippen molar-refractivity contribution >= 4 is 33.2 Å². The zero-order valence-electron chi connectivity index (χ0n) is 20.1. The topological polar surface area (TPSA) is 66.5 Å². The van der Waals surface area contributed by atoms with Crippen molar-refractivity contribution in [2.75, 3.05) is 4.31 Å². The summed E-state index contributed by atoms with van der Waals surface area (Å²) < 4.78 is 29.0. The van der Waals surface area contributed by atoms with Crippen molar-refractivity contribution in [3.63, 3.8) is 0 Å². The number of carbonyl (C=O) groups excluding carboxylic acids is 1. The standard InChI is InChI=1S/C29H27ClN2O3S/c1-21-7-11-23(12-8-21)19-31-29(33)27-5-3-4-6-28(27)32(20-24-13-15-25(30)16-14-24)36(34,35)26-17-9-22(2)10-18-26/h3-18H,19-20H2,1-2H3,(H,31,33). The van der Waals surface area contributed by atoms with Crippen molar-refractivity contribution in [1.29, 1.82) is 0 Å². The summed E-state index contributed by atoms with van der Waals surface area (Å²) >= 11 is 6.04. The van der Waals surface area contributed by atoms with Gasteiger partial charge in [-0.1, -0.05) is 83.4 Å². The van der Waals surface area contributed by atoms with Crippen molar-refractivity contribution < 1.29 is 13.2 Å². The van der Waals surface area contributed by atoms with Crippen LogP contribution in [0, 0.1) is 13.8 Å². The van der Waals surface area contributed by atoms with Crippen LogP contribution >= 0.6 is 11.6 Å². The molecule has 7 heteroatoms. The first-order valence-electron chi connectivity index (χ1n) is 11.5. The van der Waals surface area contributed by atoms with E-state index in [2.05, 4.69) is 5.32 Å². The summed E-state index contributed by atoms with van der Waals surface area (Å²) in [5, 5.41) is 3.48. The molecule has 184 valence electrons. The predicted molar refractivity (Wildman–Crippen MR) is 145 cm³/mol. The van der Waals surface area contributed by atoms with E-state index in [9.17, 15) is 13.2 Å². The molecule has 0 heterocycles. The van der Waals surface area contributed by atoms with Gasteiger partial charge in [0.15, 0.2) is 0 Å². The number of halogens is 1. The molecule has 0 saturated carbocycles. The number of rotatable bonds is 8. The molecule has 0 radical (unpaired) electrons. The van der Waals surface area contributed by atoms with Gasteiger partial charge in [0.1, 0.15) is 0 Å². The smallest absolute Gasteiger partial charge is 0.264 e. The molecule has 1 N–H and O–H groups in total. The normalized spacial score (nSPS) is 11.2. The largest absolute Gasteiger partial charge is 0.348 e. The molecule has 1 amide bonds. The van der Waals surface area contributed by atoms with Crippen LogP contribution in [0.25, 0.3) is 0 Å². The molecule has 0 saturated heterocycles. The zero-order valence-corrected chi connectivity index (χ0v) is 21.7. The summed E-state index contributed by atoms with van der Waals surface area (Å²) in [6.45, 7) is 4.27. The molecule has 0 aliphatic carbocycles. The number of benzene rings is 4. The Balaban J connectivity index is 1.72. The van der Waals surface area contributed by atoms with E-state index in [1.165, 1.54) is 4.31 Å². The third-order valence-electron chi connectivity index (χ3n) is 5.84. The van der Waals surface area contributed by atoms with Crippen molar-refractivity contribution in [2.45, 2.75) is 31.8 Å². The lowest BCUT2D eigenvalue weighted by Crippen LogP contribution is -2.33. The number of nitrogens with zero attached hydrogens (tertiary/aromatic N) is 1. The first-order valence-corrected chi connectivity index (χ1v) is 13.3. The summed E-state index contributed by atoms with van der Waals surface area (Å²) in [7, 11) is -3.99. The molecule has 0 aliphatic rings. The highest BCUT2D eigenvalue weighted by atomic mass is 35.5. The summed E-state index contributed by atoms with van der Waals surface area (Å²) in [6.07, 6.45) is 0. The van der Waals surface area contributed by atoms with Crippen LogP contribution in [0.5, 0.6) is 0 Å². The summed E-state index contributed by atoms with van der Waals surface area (Å²) in [6, 6.07) is 28.3. The highest BCUT2D eigenvalue weighted by Gasteiger charge is 2.28. The third-order valence-corrected chi connectivity index (χ3v) is 7.87. The van der Waals surface area contributed by atoms with Gasteiger partial charge in [0.05, 0.1) is 22.7 Å². The van der Waals surface area contributed by atoms with Gasteiger partial charge < -0.3 is 5.32 Å². The number of para-hydroxylation sites is 1. The lowest BCUT2D eigenvalue weighted by atomic mass is 10.1. The summed E-state index contributed by atoms with van der Waals surface area (Å²) in [4.78, 5) is 13.4. The van der Waals surface area contributed by atoms with Gasteiger partial charge in [-0.05, 0) is 61.4 Å². The highest BCUT2D eigenvalue weighted by molar-refractivity contribution is 7.92. The van der Waals surface area contributed by atoms with E-state index in [4.69, 9.17) is 11.6 Å². The number of anilines is 1. The second kappa shape index (κ2) is 11.0. The van der Waals surface area contributed by atoms with E-state index in [1.807, 2.05) is 38.1 Å². The molecule has 0 atom stereocenters. The van der Waals surface area contributed by atoms with Gasteiger partial charge in [-0.2, -0.15) is 0 Å². The van der Waals surface area contributed by atoms with Crippen molar-refractivity contribution in [2.24, 2.45) is 0 Å². The first-order chi connectivity index (χ1) is 17.2. The quantitative estimate of drug-likeness (QED) is 0.298. The Bertz CT molecular complexity index is 1450. The number of hydrogen-bond acceptors (Lipinski definition) is 3. The van der Waals surface area contributed by atoms with Gasteiger partial charge in [0.2, 0.25) is 0 Å². The molecular formula is C29H27ClN2O3S. The lowest BCUT2D eigenvalue weighted by Gasteiger charge is -2.27. The van der Waals surface area contributed by atoms with Crippen LogP contribution in [0.15, 0.2) is 102 Å². The Kier molecular flexibility index (Phi) is 7.77. The predicted octanol–water partition coefficient (Wildman–Crippen LogP) is 6.28. The van der Waals surface area contributed by atoms with Crippen molar-refractivity contribution in [3.8, 4) is 0 Å². The van der Waals surface area contributed by atoms with Crippen LogP contribution in [0.2, 0.25) is 5.02 Å². The average molecular weight is 519 g/mol. The van der Waals surface area contributed by atoms with Crippen molar-refractivity contribution in [3.05, 3.63) is 130 Å². The fraction of sp³-hybridized carbons (Fsp3) is 0.138. The number of aryl methyl sites for hydroxylation is 2. The second-order valence-electron chi connectivity index (χ2n) is 8.64. The Morgan fingerprint density at radius 1 is 0.778 bits per heavy atom. The lowest BCUT2D eigenvalue weighted by molar-refractivity contribution is 0.0951. The van der Waals surface area contributed by atoms with Crippen LogP contribution in [0.3, 0.4) is 0 Å². The SMILES string of the molecule is Cc1ccc(CNC(=O)c2ccccc2N(Cc2ccc(Cl)cc2)S(=O)(=O)c2ccc(C)cc2)cc1. The molecule has 4 aromatic rings.